The molecule has 0 aliphatic carbocycles. The number of carbonyl (C=O) groups is 1. The number of sulfonamides is 1. The molecule has 1 atom stereocenters. The maximum Gasteiger partial charge on any atom is 0.244 e. The van der Waals surface area contributed by atoms with E-state index in [0.29, 0.717) is 29.2 Å². The Kier molecular flexibility index (Phi) is 4.95. The number of fused-ring (bicyclic) bond motifs is 1. The van der Waals surface area contributed by atoms with Crippen molar-refractivity contribution < 1.29 is 13.2 Å². The number of piperidine rings is 1. The first kappa shape index (κ1) is 18.4. The Hall–Kier alpha value is -1.92. The van der Waals surface area contributed by atoms with Crippen LogP contribution >= 0.6 is 0 Å². The van der Waals surface area contributed by atoms with Gasteiger partial charge in [-0.3, -0.25) is 4.79 Å². The van der Waals surface area contributed by atoms with Crippen molar-refractivity contribution in [3.8, 4) is 0 Å². The Bertz CT molecular complexity index is 944. The zero-order chi connectivity index (χ0) is 19.0. The number of carbonyl (C=O) groups excluding carboxylic acids is 1. The molecule has 2 saturated heterocycles. The third-order valence-corrected chi connectivity index (χ3v) is 7.89. The highest BCUT2D eigenvalue weighted by atomic mass is 32.2. The summed E-state index contributed by atoms with van der Waals surface area (Å²) in [5.74, 6) is 0.608. The van der Waals surface area contributed by atoms with E-state index in [-0.39, 0.29) is 5.91 Å². The van der Waals surface area contributed by atoms with Gasteiger partial charge in [-0.1, -0.05) is 43.3 Å². The summed E-state index contributed by atoms with van der Waals surface area (Å²) in [6.45, 7) is 4.08. The molecule has 0 N–H and O–H groups in total. The molecular formula is C21H26N2O3S. The third kappa shape index (κ3) is 3.36. The average molecular weight is 387 g/mol. The van der Waals surface area contributed by atoms with Crippen molar-refractivity contribution in [3.05, 3.63) is 42.5 Å². The molecule has 0 spiro atoms. The molecule has 0 saturated carbocycles. The molecule has 27 heavy (non-hydrogen) atoms. The number of likely N-dealkylation sites (tertiary alicyclic amines) is 1. The maximum atomic E-state index is 13.5. The highest BCUT2D eigenvalue weighted by Gasteiger charge is 2.41. The predicted octanol–water partition coefficient (Wildman–Crippen LogP) is 3.25. The topological polar surface area (TPSA) is 57.7 Å². The Morgan fingerprint density at radius 1 is 0.963 bits per heavy atom. The lowest BCUT2D eigenvalue weighted by Crippen LogP contribution is -2.49. The molecule has 0 aromatic heterocycles. The van der Waals surface area contributed by atoms with Crippen LogP contribution in [0.2, 0.25) is 0 Å². The molecule has 1 unspecified atom stereocenters. The molecule has 2 aliphatic rings. The van der Waals surface area contributed by atoms with Gasteiger partial charge >= 0.3 is 0 Å². The second-order valence-electron chi connectivity index (χ2n) is 7.76. The van der Waals surface area contributed by atoms with E-state index in [2.05, 4.69) is 6.92 Å². The molecule has 2 heterocycles. The summed E-state index contributed by atoms with van der Waals surface area (Å²) in [5.41, 5.74) is 0. The Morgan fingerprint density at radius 2 is 1.67 bits per heavy atom. The van der Waals surface area contributed by atoms with Crippen molar-refractivity contribution in [2.45, 2.75) is 43.5 Å². The van der Waals surface area contributed by atoms with E-state index in [1.807, 2.05) is 35.2 Å². The van der Waals surface area contributed by atoms with Gasteiger partial charge in [0.2, 0.25) is 15.9 Å². The number of hydrogen-bond donors (Lipinski definition) is 0. The predicted molar refractivity (Wildman–Crippen MR) is 106 cm³/mol. The van der Waals surface area contributed by atoms with Crippen LogP contribution < -0.4 is 0 Å². The summed E-state index contributed by atoms with van der Waals surface area (Å²) >= 11 is 0. The van der Waals surface area contributed by atoms with Gasteiger partial charge in [0.15, 0.2) is 0 Å². The SMILES string of the molecule is CC1CCN(C(=O)C2CCCN2S(=O)(=O)c2cccc3ccccc23)CC1. The van der Waals surface area contributed by atoms with Crippen molar-refractivity contribution in [2.24, 2.45) is 5.92 Å². The van der Waals surface area contributed by atoms with Gasteiger partial charge in [0.1, 0.15) is 6.04 Å². The fraction of sp³-hybridized carbons (Fsp3) is 0.476. The van der Waals surface area contributed by atoms with Crippen LogP contribution in [0.1, 0.15) is 32.6 Å². The molecule has 2 aromatic carbocycles. The minimum absolute atomic E-state index is 0.0248. The molecule has 2 fully saturated rings. The van der Waals surface area contributed by atoms with E-state index in [1.165, 1.54) is 4.31 Å². The fourth-order valence-electron chi connectivity index (χ4n) is 4.26. The van der Waals surface area contributed by atoms with Crippen LogP contribution in [0.3, 0.4) is 0 Å². The summed E-state index contributed by atoms with van der Waals surface area (Å²) in [7, 11) is -3.72. The molecule has 144 valence electrons. The van der Waals surface area contributed by atoms with Crippen LogP contribution in [0.5, 0.6) is 0 Å². The quantitative estimate of drug-likeness (QED) is 0.814. The van der Waals surface area contributed by atoms with E-state index in [1.54, 1.807) is 12.1 Å². The lowest BCUT2D eigenvalue weighted by atomic mass is 9.98. The van der Waals surface area contributed by atoms with Gasteiger partial charge in [-0.05, 0) is 43.1 Å². The van der Waals surface area contributed by atoms with Crippen LogP contribution in [0.25, 0.3) is 10.8 Å². The molecule has 2 aliphatic heterocycles. The van der Waals surface area contributed by atoms with E-state index in [9.17, 15) is 13.2 Å². The molecule has 5 nitrogen and oxygen atoms in total. The van der Waals surface area contributed by atoms with E-state index in [0.717, 1.165) is 37.7 Å². The standard InChI is InChI=1S/C21H26N2O3S/c1-16-11-14-22(15-12-16)21(24)19-9-5-13-23(19)27(25,26)20-10-4-7-17-6-2-3-8-18(17)20/h2-4,6-8,10,16,19H,5,9,11-15H2,1H3. The van der Waals surface area contributed by atoms with Crippen molar-refractivity contribution in [1.29, 1.82) is 0 Å². The Morgan fingerprint density at radius 3 is 2.44 bits per heavy atom. The largest absolute Gasteiger partial charge is 0.341 e. The maximum absolute atomic E-state index is 13.5. The number of rotatable bonds is 3. The van der Waals surface area contributed by atoms with Crippen LogP contribution in [0.4, 0.5) is 0 Å². The van der Waals surface area contributed by atoms with Crippen LogP contribution in [-0.4, -0.2) is 49.2 Å². The average Bonchev–Trinajstić information content (AvgIpc) is 3.18. The van der Waals surface area contributed by atoms with Gasteiger partial charge in [-0.2, -0.15) is 4.31 Å². The highest BCUT2D eigenvalue weighted by Crippen LogP contribution is 2.32. The normalized spacial score (nSPS) is 22.4. The summed E-state index contributed by atoms with van der Waals surface area (Å²) in [4.78, 5) is 15.2. The smallest absolute Gasteiger partial charge is 0.244 e. The van der Waals surface area contributed by atoms with Crippen molar-refractivity contribution in [2.75, 3.05) is 19.6 Å². The fourth-order valence-corrected chi connectivity index (χ4v) is 6.13. The van der Waals surface area contributed by atoms with Gasteiger partial charge < -0.3 is 4.90 Å². The third-order valence-electron chi connectivity index (χ3n) is 5.92. The second-order valence-corrected chi connectivity index (χ2v) is 9.62. The van der Waals surface area contributed by atoms with Crippen LogP contribution in [0, 0.1) is 5.92 Å². The molecule has 0 radical (unpaired) electrons. The first-order valence-corrected chi connectivity index (χ1v) is 11.2. The van der Waals surface area contributed by atoms with Gasteiger partial charge in [0.25, 0.3) is 0 Å². The molecule has 0 bridgehead atoms. The molecule has 6 heteroatoms. The van der Waals surface area contributed by atoms with Crippen LogP contribution in [0.15, 0.2) is 47.4 Å². The molecule has 2 aromatic rings. The lowest BCUT2D eigenvalue weighted by Gasteiger charge is -2.34. The minimum atomic E-state index is -3.72. The summed E-state index contributed by atoms with van der Waals surface area (Å²) in [6.07, 6.45) is 3.32. The number of nitrogens with zero attached hydrogens (tertiary/aromatic N) is 2. The van der Waals surface area contributed by atoms with Crippen molar-refractivity contribution >= 4 is 26.7 Å². The molecule has 1 amide bonds. The summed E-state index contributed by atoms with van der Waals surface area (Å²) < 4.78 is 28.3. The van der Waals surface area contributed by atoms with Crippen LogP contribution in [-0.2, 0) is 14.8 Å². The Balaban J connectivity index is 1.65. The summed E-state index contributed by atoms with van der Waals surface area (Å²) in [5, 5.41) is 1.61. The highest BCUT2D eigenvalue weighted by molar-refractivity contribution is 7.89. The lowest BCUT2D eigenvalue weighted by molar-refractivity contribution is -0.135. The van der Waals surface area contributed by atoms with Gasteiger partial charge in [-0.15, -0.1) is 0 Å². The monoisotopic (exact) mass is 386 g/mol. The minimum Gasteiger partial charge on any atom is -0.341 e. The first-order chi connectivity index (χ1) is 13.0. The van der Waals surface area contributed by atoms with Gasteiger partial charge in [0, 0.05) is 25.0 Å². The van der Waals surface area contributed by atoms with E-state index >= 15 is 0 Å². The zero-order valence-corrected chi connectivity index (χ0v) is 16.5. The summed E-state index contributed by atoms with van der Waals surface area (Å²) in [6, 6.07) is 12.3. The molecule has 4 rings (SSSR count). The van der Waals surface area contributed by atoms with Crippen molar-refractivity contribution in [1.82, 2.24) is 9.21 Å². The number of benzene rings is 2. The van der Waals surface area contributed by atoms with Gasteiger partial charge in [0.05, 0.1) is 4.90 Å². The zero-order valence-electron chi connectivity index (χ0n) is 15.7. The first-order valence-electron chi connectivity index (χ1n) is 9.77. The van der Waals surface area contributed by atoms with E-state index in [4.69, 9.17) is 0 Å². The van der Waals surface area contributed by atoms with Crippen molar-refractivity contribution in [3.63, 3.8) is 0 Å². The number of amides is 1. The second kappa shape index (κ2) is 7.24. The molecular weight excluding hydrogens is 360 g/mol. The Labute approximate surface area is 161 Å². The van der Waals surface area contributed by atoms with Gasteiger partial charge in [-0.25, -0.2) is 8.42 Å². The van der Waals surface area contributed by atoms with E-state index < -0.39 is 16.1 Å². The number of hydrogen-bond acceptors (Lipinski definition) is 3.